The van der Waals surface area contributed by atoms with Crippen LogP contribution < -0.4 is 9.64 Å². The Bertz CT molecular complexity index is 1030. The summed E-state index contributed by atoms with van der Waals surface area (Å²) in [6.45, 7) is 2.32. The predicted octanol–water partition coefficient (Wildman–Crippen LogP) is 4.46. The van der Waals surface area contributed by atoms with Gasteiger partial charge in [0.25, 0.3) is 5.89 Å². The van der Waals surface area contributed by atoms with Crippen molar-refractivity contribution in [2.75, 3.05) is 11.4 Å². The number of aryl methyl sites for hydroxylation is 1. The molecule has 29 heavy (non-hydrogen) atoms. The minimum atomic E-state index is -4.84. The van der Waals surface area contributed by atoms with Gasteiger partial charge in [0.05, 0.1) is 5.56 Å². The first kappa shape index (κ1) is 19.0. The monoisotopic (exact) mass is 403 g/mol. The Kier molecular flexibility index (Phi) is 4.73. The van der Waals surface area contributed by atoms with Crippen LogP contribution in [-0.4, -0.2) is 29.0 Å². The van der Waals surface area contributed by atoms with Crippen LogP contribution in [0.1, 0.15) is 23.7 Å². The van der Waals surface area contributed by atoms with E-state index in [9.17, 15) is 18.0 Å². The third-order valence-corrected chi connectivity index (χ3v) is 4.62. The van der Waals surface area contributed by atoms with E-state index in [1.165, 1.54) is 18.2 Å². The summed E-state index contributed by atoms with van der Waals surface area (Å²) in [4.78, 5) is 18.3. The zero-order valence-electron chi connectivity index (χ0n) is 15.3. The van der Waals surface area contributed by atoms with Crippen LogP contribution in [0.5, 0.6) is 5.75 Å². The molecule has 0 aliphatic carbocycles. The lowest BCUT2D eigenvalue weighted by Gasteiger charge is -2.16. The van der Waals surface area contributed by atoms with Crippen molar-refractivity contribution in [2.24, 2.45) is 0 Å². The van der Waals surface area contributed by atoms with Gasteiger partial charge in [-0.25, -0.2) is 0 Å². The molecular formula is C20H16F3N3O3. The van der Waals surface area contributed by atoms with Crippen molar-refractivity contribution < 1.29 is 27.2 Å². The van der Waals surface area contributed by atoms with Crippen molar-refractivity contribution in [1.82, 2.24) is 10.1 Å². The number of halogens is 3. The highest BCUT2D eigenvalue weighted by Crippen LogP contribution is 2.35. The summed E-state index contributed by atoms with van der Waals surface area (Å²) in [5.74, 6) is -0.659. The smallest absolute Gasteiger partial charge is 0.405 e. The second-order valence-electron chi connectivity index (χ2n) is 6.74. The second-order valence-corrected chi connectivity index (χ2v) is 6.74. The highest BCUT2D eigenvalue weighted by molar-refractivity contribution is 5.96. The topological polar surface area (TPSA) is 68.5 Å². The summed E-state index contributed by atoms with van der Waals surface area (Å²) in [7, 11) is 0. The highest BCUT2D eigenvalue weighted by atomic mass is 19.4. The van der Waals surface area contributed by atoms with Crippen molar-refractivity contribution in [3.05, 3.63) is 59.9 Å². The average Bonchev–Trinajstić information content (AvgIpc) is 3.28. The first-order chi connectivity index (χ1) is 13.8. The third kappa shape index (κ3) is 4.08. The quantitative estimate of drug-likeness (QED) is 0.643. The molecule has 9 heteroatoms. The number of benzene rings is 2. The van der Waals surface area contributed by atoms with Crippen LogP contribution in [-0.2, 0) is 4.79 Å². The standard InChI is InChI=1S/C20H16F3N3O3/c1-12-6-8-14(9-7-12)26-11-13(10-17(26)27)18-24-19(29-25-18)15-4-2-3-5-16(15)28-20(21,22)23/h2-9,13H,10-11H2,1H3/t13-/m1/s1. The molecule has 1 aliphatic heterocycles. The summed E-state index contributed by atoms with van der Waals surface area (Å²) in [5.41, 5.74) is 1.89. The van der Waals surface area contributed by atoms with Gasteiger partial charge in [-0.3, -0.25) is 4.79 Å². The van der Waals surface area contributed by atoms with Gasteiger partial charge in [-0.15, -0.1) is 13.2 Å². The summed E-state index contributed by atoms with van der Waals surface area (Å²) in [6.07, 6.45) is -4.65. The van der Waals surface area contributed by atoms with Gasteiger partial charge < -0.3 is 14.2 Å². The minimum absolute atomic E-state index is 0.0308. The first-order valence-corrected chi connectivity index (χ1v) is 8.86. The van der Waals surface area contributed by atoms with Crippen LogP contribution in [0.15, 0.2) is 53.1 Å². The molecule has 0 spiro atoms. The molecule has 3 aromatic rings. The molecule has 150 valence electrons. The Hall–Kier alpha value is -3.36. The maximum Gasteiger partial charge on any atom is 0.573 e. The second kappa shape index (κ2) is 7.23. The van der Waals surface area contributed by atoms with E-state index in [-0.39, 0.29) is 35.5 Å². The number of nitrogens with zero attached hydrogens (tertiary/aromatic N) is 3. The van der Waals surface area contributed by atoms with Crippen molar-refractivity contribution in [3.63, 3.8) is 0 Å². The summed E-state index contributed by atoms with van der Waals surface area (Å²) in [6, 6.07) is 13.1. The molecule has 2 heterocycles. The summed E-state index contributed by atoms with van der Waals surface area (Å²) >= 11 is 0. The molecule has 2 aromatic carbocycles. The molecule has 0 N–H and O–H groups in total. The van der Waals surface area contributed by atoms with Crippen LogP contribution in [0.3, 0.4) is 0 Å². The Morgan fingerprint density at radius 1 is 1.14 bits per heavy atom. The van der Waals surface area contributed by atoms with E-state index in [0.717, 1.165) is 11.3 Å². The summed E-state index contributed by atoms with van der Waals surface area (Å²) < 4.78 is 47.1. The normalized spacial score (nSPS) is 17.0. The molecule has 1 fully saturated rings. The van der Waals surface area contributed by atoms with Gasteiger partial charge in [0.2, 0.25) is 5.91 Å². The fourth-order valence-corrected chi connectivity index (χ4v) is 3.22. The summed E-state index contributed by atoms with van der Waals surface area (Å²) in [5, 5.41) is 3.89. The number of hydrogen-bond acceptors (Lipinski definition) is 5. The number of carbonyl (C=O) groups excluding carboxylic acids is 1. The molecule has 1 aromatic heterocycles. The van der Waals surface area contributed by atoms with Crippen LogP contribution in [0.2, 0.25) is 0 Å². The molecule has 0 bridgehead atoms. The predicted molar refractivity (Wildman–Crippen MR) is 97.3 cm³/mol. The van der Waals surface area contributed by atoms with E-state index in [1.807, 2.05) is 31.2 Å². The van der Waals surface area contributed by atoms with Crippen molar-refractivity contribution in [3.8, 4) is 17.2 Å². The maximum atomic E-state index is 12.6. The van der Waals surface area contributed by atoms with Gasteiger partial charge in [0.1, 0.15) is 5.75 Å². The van der Waals surface area contributed by atoms with Crippen LogP contribution >= 0.6 is 0 Å². The number of aromatic nitrogens is 2. The first-order valence-electron chi connectivity index (χ1n) is 8.86. The maximum absolute atomic E-state index is 12.6. The van der Waals surface area contributed by atoms with E-state index in [1.54, 1.807) is 11.0 Å². The number of ether oxygens (including phenoxy) is 1. The van der Waals surface area contributed by atoms with Gasteiger partial charge >= 0.3 is 6.36 Å². The fourth-order valence-electron chi connectivity index (χ4n) is 3.22. The number of para-hydroxylation sites is 1. The fraction of sp³-hybridized carbons (Fsp3) is 0.250. The molecule has 1 atom stereocenters. The lowest BCUT2D eigenvalue weighted by Crippen LogP contribution is -2.24. The lowest BCUT2D eigenvalue weighted by molar-refractivity contribution is -0.274. The molecule has 1 amide bonds. The van der Waals surface area contributed by atoms with Gasteiger partial charge in [0.15, 0.2) is 5.82 Å². The van der Waals surface area contributed by atoms with E-state index in [4.69, 9.17) is 4.52 Å². The Morgan fingerprint density at radius 2 is 1.86 bits per heavy atom. The van der Waals surface area contributed by atoms with Gasteiger partial charge in [0, 0.05) is 24.6 Å². The third-order valence-electron chi connectivity index (χ3n) is 4.62. The Labute approximate surface area is 163 Å². The number of carbonyl (C=O) groups is 1. The van der Waals surface area contributed by atoms with Crippen LogP contribution in [0.25, 0.3) is 11.5 Å². The Morgan fingerprint density at radius 3 is 2.59 bits per heavy atom. The zero-order chi connectivity index (χ0) is 20.6. The number of rotatable bonds is 4. The number of anilines is 1. The van der Waals surface area contributed by atoms with E-state index >= 15 is 0 Å². The average molecular weight is 403 g/mol. The molecule has 4 rings (SSSR count). The van der Waals surface area contributed by atoms with E-state index in [0.29, 0.717) is 6.54 Å². The Balaban J connectivity index is 1.56. The van der Waals surface area contributed by atoms with E-state index < -0.39 is 12.1 Å². The van der Waals surface area contributed by atoms with Gasteiger partial charge in [-0.1, -0.05) is 35.0 Å². The number of amides is 1. The SMILES string of the molecule is Cc1ccc(N2C[C@H](c3noc(-c4ccccc4OC(F)(F)F)n3)CC2=O)cc1. The van der Waals surface area contributed by atoms with Gasteiger partial charge in [-0.2, -0.15) is 4.98 Å². The van der Waals surface area contributed by atoms with E-state index in [2.05, 4.69) is 14.9 Å². The largest absolute Gasteiger partial charge is 0.573 e. The molecule has 6 nitrogen and oxygen atoms in total. The minimum Gasteiger partial charge on any atom is -0.405 e. The highest BCUT2D eigenvalue weighted by Gasteiger charge is 2.36. The van der Waals surface area contributed by atoms with Crippen LogP contribution in [0.4, 0.5) is 18.9 Å². The zero-order valence-corrected chi connectivity index (χ0v) is 15.3. The molecule has 0 saturated carbocycles. The molecule has 0 unspecified atom stereocenters. The molecule has 0 radical (unpaired) electrons. The molecule has 1 saturated heterocycles. The van der Waals surface area contributed by atoms with Crippen LogP contribution in [0, 0.1) is 6.92 Å². The van der Waals surface area contributed by atoms with Gasteiger partial charge in [-0.05, 0) is 31.2 Å². The number of hydrogen-bond donors (Lipinski definition) is 0. The van der Waals surface area contributed by atoms with Crippen molar-refractivity contribution in [1.29, 1.82) is 0 Å². The molecular weight excluding hydrogens is 387 g/mol. The molecule has 1 aliphatic rings. The number of alkyl halides is 3. The lowest BCUT2D eigenvalue weighted by atomic mass is 10.1. The van der Waals surface area contributed by atoms with Crippen molar-refractivity contribution in [2.45, 2.75) is 25.6 Å². The van der Waals surface area contributed by atoms with Crippen molar-refractivity contribution >= 4 is 11.6 Å².